The van der Waals surface area contributed by atoms with Crippen molar-refractivity contribution < 1.29 is 9.53 Å². The van der Waals surface area contributed by atoms with Crippen molar-refractivity contribution in [3.8, 4) is 5.75 Å². The lowest BCUT2D eigenvalue weighted by atomic mass is 10.0. The number of hydrogen-bond acceptors (Lipinski definition) is 4. The monoisotopic (exact) mass is 437 g/mol. The molecule has 0 radical (unpaired) electrons. The van der Waals surface area contributed by atoms with Crippen molar-refractivity contribution in [2.75, 3.05) is 26.7 Å². The highest BCUT2D eigenvalue weighted by atomic mass is 32.1. The predicted molar refractivity (Wildman–Crippen MR) is 126 cm³/mol. The van der Waals surface area contributed by atoms with Gasteiger partial charge in [0.2, 0.25) is 0 Å². The van der Waals surface area contributed by atoms with E-state index in [1.807, 2.05) is 25.1 Å². The first-order valence-electron chi connectivity index (χ1n) is 10.9. The van der Waals surface area contributed by atoms with Crippen molar-refractivity contribution in [2.24, 2.45) is 0 Å². The predicted octanol–water partition coefficient (Wildman–Crippen LogP) is 4.79. The number of carbonyl (C=O) groups is 1. The van der Waals surface area contributed by atoms with Gasteiger partial charge in [0.1, 0.15) is 5.75 Å². The van der Waals surface area contributed by atoms with Crippen LogP contribution in [0.2, 0.25) is 0 Å². The van der Waals surface area contributed by atoms with Gasteiger partial charge in [0.05, 0.1) is 25.3 Å². The summed E-state index contributed by atoms with van der Waals surface area (Å²) in [7, 11) is 1.69. The summed E-state index contributed by atoms with van der Waals surface area (Å²) in [4.78, 5) is 16.9. The Balaban J connectivity index is 1.50. The third-order valence-electron chi connectivity index (χ3n) is 6.23. The maximum absolute atomic E-state index is 13.1. The average molecular weight is 438 g/mol. The van der Waals surface area contributed by atoms with Crippen LogP contribution in [0.5, 0.6) is 5.75 Å². The molecule has 1 amide bonds. The summed E-state index contributed by atoms with van der Waals surface area (Å²) >= 11 is 1.74. The van der Waals surface area contributed by atoms with Crippen LogP contribution < -0.4 is 10.1 Å². The van der Waals surface area contributed by atoms with Gasteiger partial charge in [0.25, 0.3) is 5.91 Å². The van der Waals surface area contributed by atoms with Crippen LogP contribution in [-0.4, -0.2) is 42.1 Å². The summed E-state index contributed by atoms with van der Waals surface area (Å²) in [5.41, 5.74) is 4.08. The number of methoxy groups -OCH3 is 1. The molecule has 1 N–H and O–H groups in total. The van der Waals surface area contributed by atoms with E-state index in [9.17, 15) is 4.79 Å². The molecule has 1 aliphatic heterocycles. The van der Waals surface area contributed by atoms with Gasteiger partial charge >= 0.3 is 0 Å². The molecule has 0 saturated carbocycles. The van der Waals surface area contributed by atoms with Gasteiger partial charge in [-0.05, 0) is 75.0 Å². The Morgan fingerprint density at radius 2 is 1.97 bits per heavy atom. The molecule has 6 heteroatoms. The quantitative estimate of drug-likeness (QED) is 0.551. The van der Waals surface area contributed by atoms with Crippen LogP contribution in [0.15, 0.2) is 47.8 Å². The lowest BCUT2D eigenvalue weighted by Gasteiger charge is -2.28. The Bertz CT molecular complexity index is 1020. The van der Waals surface area contributed by atoms with E-state index in [4.69, 9.17) is 4.74 Å². The fourth-order valence-electron chi connectivity index (χ4n) is 4.48. The molecule has 2 aromatic heterocycles. The molecule has 1 atom stereocenters. The Labute approximate surface area is 188 Å². The van der Waals surface area contributed by atoms with Gasteiger partial charge in [0.15, 0.2) is 0 Å². The molecule has 4 rings (SSSR count). The zero-order valence-corrected chi connectivity index (χ0v) is 19.4. The molecular formula is C25H31N3O2S. The molecule has 1 saturated heterocycles. The molecule has 0 bridgehead atoms. The maximum Gasteiger partial charge on any atom is 0.253 e. The molecule has 1 aliphatic rings. The second-order valence-corrected chi connectivity index (χ2v) is 9.23. The zero-order valence-electron chi connectivity index (χ0n) is 18.6. The molecule has 5 nitrogen and oxygen atoms in total. The molecule has 1 aromatic carbocycles. The van der Waals surface area contributed by atoms with E-state index in [1.54, 1.807) is 18.4 Å². The minimum atomic E-state index is -0.00220. The van der Waals surface area contributed by atoms with Crippen LogP contribution in [-0.2, 0) is 6.54 Å². The number of benzene rings is 1. The van der Waals surface area contributed by atoms with Gasteiger partial charge in [-0.2, -0.15) is 0 Å². The number of carbonyl (C=O) groups excluding carboxylic acids is 1. The molecule has 1 unspecified atom stereocenters. The fraction of sp³-hybridized carbons (Fsp3) is 0.400. The Morgan fingerprint density at radius 3 is 2.68 bits per heavy atom. The van der Waals surface area contributed by atoms with E-state index in [-0.39, 0.29) is 11.9 Å². The largest absolute Gasteiger partial charge is 0.497 e. The normalized spacial score (nSPS) is 15.2. The molecular weight excluding hydrogens is 406 g/mol. The Hall–Kier alpha value is -2.57. The standard InChI is InChI=1S/C25H31N3O2S/c1-18-14-23(19(2)28(18)17-22-10-7-13-31-22)25(29)26-16-24(27-11-4-5-12-27)20-8-6-9-21(15-20)30-3/h6-10,13-15,24H,4-5,11-12,16-17H2,1-3H3,(H,26,29). The van der Waals surface area contributed by atoms with Crippen molar-refractivity contribution in [3.05, 3.63) is 75.2 Å². The second-order valence-electron chi connectivity index (χ2n) is 8.20. The number of rotatable bonds is 8. The van der Waals surface area contributed by atoms with Gasteiger partial charge in [-0.15, -0.1) is 11.3 Å². The molecule has 3 heterocycles. The summed E-state index contributed by atoms with van der Waals surface area (Å²) < 4.78 is 7.65. The topological polar surface area (TPSA) is 46.5 Å². The number of aryl methyl sites for hydroxylation is 1. The summed E-state index contributed by atoms with van der Waals surface area (Å²) in [5, 5.41) is 5.31. The van der Waals surface area contributed by atoms with Crippen LogP contribution in [0.25, 0.3) is 0 Å². The van der Waals surface area contributed by atoms with Gasteiger partial charge in [-0.3, -0.25) is 9.69 Å². The summed E-state index contributed by atoms with van der Waals surface area (Å²) in [5.74, 6) is 0.850. The zero-order chi connectivity index (χ0) is 21.8. The summed E-state index contributed by atoms with van der Waals surface area (Å²) in [6.45, 7) is 7.62. The van der Waals surface area contributed by atoms with Crippen LogP contribution in [0.3, 0.4) is 0 Å². The van der Waals surface area contributed by atoms with Gasteiger partial charge in [0, 0.05) is 22.8 Å². The molecule has 1 fully saturated rings. The van der Waals surface area contributed by atoms with Gasteiger partial charge < -0.3 is 14.6 Å². The van der Waals surface area contributed by atoms with E-state index < -0.39 is 0 Å². The number of thiophene rings is 1. The van der Waals surface area contributed by atoms with Crippen molar-refractivity contribution in [1.82, 2.24) is 14.8 Å². The maximum atomic E-state index is 13.1. The lowest BCUT2D eigenvalue weighted by Crippen LogP contribution is -2.37. The third kappa shape index (κ3) is 4.86. The smallest absolute Gasteiger partial charge is 0.253 e. The first-order chi connectivity index (χ1) is 15.1. The second kappa shape index (κ2) is 9.71. The minimum absolute atomic E-state index is 0.00220. The van der Waals surface area contributed by atoms with E-state index in [0.29, 0.717) is 6.54 Å². The first kappa shape index (κ1) is 21.7. The van der Waals surface area contributed by atoms with Crippen LogP contribution in [0.4, 0.5) is 0 Å². The average Bonchev–Trinajstić information content (AvgIpc) is 3.54. The van der Waals surface area contributed by atoms with E-state index in [2.05, 4.69) is 51.4 Å². The highest BCUT2D eigenvalue weighted by Crippen LogP contribution is 2.27. The van der Waals surface area contributed by atoms with Gasteiger partial charge in [-0.1, -0.05) is 18.2 Å². The Morgan fingerprint density at radius 1 is 1.16 bits per heavy atom. The van der Waals surface area contributed by atoms with E-state index in [1.165, 1.54) is 23.3 Å². The highest BCUT2D eigenvalue weighted by molar-refractivity contribution is 7.09. The third-order valence-corrected chi connectivity index (χ3v) is 7.09. The van der Waals surface area contributed by atoms with Crippen LogP contribution in [0.1, 0.15) is 51.1 Å². The lowest BCUT2D eigenvalue weighted by molar-refractivity contribution is 0.0937. The molecule has 31 heavy (non-hydrogen) atoms. The number of hydrogen-bond donors (Lipinski definition) is 1. The number of nitrogens with one attached hydrogen (secondary N) is 1. The molecule has 164 valence electrons. The summed E-state index contributed by atoms with van der Waals surface area (Å²) in [6.07, 6.45) is 2.41. The van der Waals surface area contributed by atoms with Crippen LogP contribution >= 0.6 is 11.3 Å². The number of likely N-dealkylation sites (tertiary alicyclic amines) is 1. The molecule has 3 aromatic rings. The van der Waals surface area contributed by atoms with Crippen LogP contribution in [0, 0.1) is 13.8 Å². The van der Waals surface area contributed by atoms with E-state index >= 15 is 0 Å². The van der Waals surface area contributed by atoms with Crippen molar-refractivity contribution in [3.63, 3.8) is 0 Å². The highest BCUT2D eigenvalue weighted by Gasteiger charge is 2.25. The minimum Gasteiger partial charge on any atom is -0.497 e. The molecule has 0 aliphatic carbocycles. The number of aromatic nitrogens is 1. The Kier molecular flexibility index (Phi) is 6.78. The number of amides is 1. The number of nitrogens with zero attached hydrogens (tertiary/aromatic N) is 2. The number of ether oxygens (including phenoxy) is 1. The summed E-state index contributed by atoms with van der Waals surface area (Å²) in [6, 6.07) is 14.6. The van der Waals surface area contributed by atoms with Crippen molar-refractivity contribution >= 4 is 17.2 Å². The van der Waals surface area contributed by atoms with Crippen molar-refractivity contribution in [2.45, 2.75) is 39.3 Å². The SMILES string of the molecule is COc1cccc(C(CNC(=O)c2cc(C)n(Cc3cccs3)c2C)N2CCCC2)c1. The van der Waals surface area contributed by atoms with Gasteiger partial charge in [-0.25, -0.2) is 0 Å². The fourth-order valence-corrected chi connectivity index (χ4v) is 5.17. The molecule has 0 spiro atoms. The van der Waals surface area contributed by atoms with Crippen molar-refractivity contribution in [1.29, 1.82) is 0 Å². The first-order valence-corrected chi connectivity index (χ1v) is 11.8. The van der Waals surface area contributed by atoms with E-state index in [0.717, 1.165) is 42.3 Å².